The lowest BCUT2D eigenvalue weighted by Gasteiger charge is -2.36. The van der Waals surface area contributed by atoms with Gasteiger partial charge in [-0.1, -0.05) is 12.1 Å². The Balaban J connectivity index is 1.27. The van der Waals surface area contributed by atoms with E-state index in [9.17, 15) is 14.7 Å². The second kappa shape index (κ2) is 7.52. The number of aromatic nitrogens is 4. The average Bonchev–Trinajstić information content (AvgIpc) is 3.34. The van der Waals surface area contributed by atoms with Crippen LogP contribution in [0.4, 0.5) is 0 Å². The Labute approximate surface area is 173 Å². The molecule has 2 N–H and O–H groups in total. The van der Waals surface area contributed by atoms with Crippen molar-refractivity contribution >= 4 is 11.0 Å². The van der Waals surface area contributed by atoms with Crippen molar-refractivity contribution in [1.29, 1.82) is 0 Å². The fourth-order valence-corrected chi connectivity index (χ4v) is 5.30. The molecular weight excluding hydrogens is 382 g/mol. The van der Waals surface area contributed by atoms with E-state index in [0.29, 0.717) is 23.8 Å². The summed E-state index contributed by atoms with van der Waals surface area (Å²) < 4.78 is 3.26. The summed E-state index contributed by atoms with van der Waals surface area (Å²) in [7, 11) is 1.50. The van der Waals surface area contributed by atoms with Gasteiger partial charge in [0.05, 0.1) is 29.5 Å². The number of imidazole rings is 1. The largest absolute Gasteiger partial charge is 0.391 e. The standard InChI is InChI=1S/C22H27N5O3/c1-25-21(29)14(10-23-22(25)30)6-7-26-11-15-8-19(20(28)9-16(15)12-26)27-13-24-17-4-2-3-5-18(17)27/h2-5,10,13,15-16,19-20,28H,6-9,11-12H2,1H3,(H,23,30)/t15-,16+,19-,20-/m1/s1. The molecule has 8 heteroatoms. The van der Waals surface area contributed by atoms with Gasteiger partial charge in [0.2, 0.25) is 0 Å². The molecule has 5 rings (SSSR count). The van der Waals surface area contributed by atoms with Crippen LogP contribution in [-0.2, 0) is 13.5 Å². The Hall–Kier alpha value is -2.71. The fourth-order valence-electron chi connectivity index (χ4n) is 5.30. The third-order valence-corrected chi connectivity index (χ3v) is 6.97. The number of para-hydroxylation sites is 2. The van der Waals surface area contributed by atoms with E-state index in [0.717, 1.165) is 48.1 Å². The van der Waals surface area contributed by atoms with E-state index >= 15 is 0 Å². The molecule has 8 nitrogen and oxygen atoms in total. The molecule has 3 aromatic rings. The topological polar surface area (TPSA) is 96.2 Å². The molecule has 0 radical (unpaired) electrons. The number of nitrogens with zero attached hydrogens (tertiary/aromatic N) is 4. The molecule has 0 spiro atoms. The van der Waals surface area contributed by atoms with Crippen LogP contribution in [0.25, 0.3) is 11.0 Å². The Morgan fingerprint density at radius 1 is 1.17 bits per heavy atom. The van der Waals surface area contributed by atoms with Crippen LogP contribution in [0.5, 0.6) is 0 Å². The van der Waals surface area contributed by atoms with E-state index in [1.54, 1.807) is 0 Å². The van der Waals surface area contributed by atoms with Gasteiger partial charge in [-0.15, -0.1) is 0 Å². The first-order valence-corrected chi connectivity index (χ1v) is 10.6. The number of nitrogens with one attached hydrogen (secondary N) is 1. The summed E-state index contributed by atoms with van der Waals surface area (Å²) in [5.74, 6) is 1.00. The maximum absolute atomic E-state index is 12.3. The van der Waals surface area contributed by atoms with Crippen LogP contribution in [0, 0.1) is 11.8 Å². The molecule has 1 aliphatic carbocycles. The van der Waals surface area contributed by atoms with Gasteiger partial charge in [0.15, 0.2) is 0 Å². The molecule has 2 aliphatic rings. The summed E-state index contributed by atoms with van der Waals surface area (Å²) in [5, 5.41) is 10.9. The van der Waals surface area contributed by atoms with Crippen LogP contribution in [0.2, 0.25) is 0 Å². The van der Waals surface area contributed by atoms with Gasteiger partial charge in [0, 0.05) is 38.4 Å². The second-order valence-corrected chi connectivity index (χ2v) is 8.76. The quantitative estimate of drug-likeness (QED) is 0.668. The summed E-state index contributed by atoms with van der Waals surface area (Å²) in [6.45, 7) is 2.70. The Kier molecular flexibility index (Phi) is 4.83. The molecule has 0 bridgehead atoms. The number of likely N-dealkylation sites (tertiary alicyclic amines) is 1. The number of fused-ring (bicyclic) bond motifs is 2. The minimum absolute atomic E-state index is 0.0464. The number of aromatic amines is 1. The molecule has 30 heavy (non-hydrogen) atoms. The van der Waals surface area contributed by atoms with Crippen LogP contribution < -0.4 is 11.2 Å². The fraction of sp³-hybridized carbons (Fsp3) is 0.500. The number of hydrogen-bond acceptors (Lipinski definition) is 5. The summed E-state index contributed by atoms with van der Waals surface area (Å²) >= 11 is 0. The lowest BCUT2D eigenvalue weighted by molar-refractivity contribution is 0.0374. The number of H-pyrrole nitrogens is 1. The van der Waals surface area contributed by atoms with E-state index in [4.69, 9.17) is 0 Å². The molecule has 1 aliphatic heterocycles. The third kappa shape index (κ3) is 3.30. The highest BCUT2D eigenvalue weighted by Gasteiger charge is 2.42. The third-order valence-electron chi connectivity index (χ3n) is 6.97. The molecule has 4 atom stereocenters. The summed E-state index contributed by atoms with van der Waals surface area (Å²) in [6, 6.07) is 8.11. The highest BCUT2D eigenvalue weighted by Crippen LogP contribution is 2.42. The maximum Gasteiger partial charge on any atom is 0.328 e. The smallest absolute Gasteiger partial charge is 0.328 e. The van der Waals surface area contributed by atoms with Crippen LogP contribution in [-0.4, -0.2) is 54.8 Å². The zero-order chi connectivity index (χ0) is 20.8. The number of rotatable bonds is 4. The molecule has 1 saturated carbocycles. The Bertz CT molecular complexity index is 1180. The van der Waals surface area contributed by atoms with Crippen LogP contribution in [0.3, 0.4) is 0 Å². The molecule has 1 saturated heterocycles. The van der Waals surface area contributed by atoms with Crippen molar-refractivity contribution in [3.05, 3.63) is 63.2 Å². The first kappa shape index (κ1) is 19.3. The summed E-state index contributed by atoms with van der Waals surface area (Å²) in [6.07, 6.45) is 5.35. The summed E-state index contributed by atoms with van der Waals surface area (Å²) in [5.41, 5.74) is 2.06. The zero-order valence-corrected chi connectivity index (χ0v) is 17.1. The number of benzene rings is 1. The average molecular weight is 409 g/mol. The van der Waals surface area contributed by atoms with Crippen LogP contribution >= 0.6 is 0 Å². The van der Waals surface area contributed by atoms with Crippen molar-refractivity contribution in [2.45, 2.75) is 31.4 Å². The number of hydrogen-bond donors (Lipinski definition) is 2. The van der Waals surface area contributed by atoms with Crippen molar-refractivity contribution in [3.63, 3.8) is 0 Å². The normalized spacial score (nSPS) is 26.9. The molecule has 3 heterocycles. The van der Waals surface area contributed by atoms with Crippen LogP contribution in [0.1, 0.15) is 24.4 Å². The monoisotopic (exact) mass is 409 g/mol. The Morgan fingerprint density at radius 3 is 2.77 bits per heavy atom. The van der Waals surface area contributed by atoms with Crippen molar-refractivity contribution in [1.82, 2.24) is 24.0 Å². The highest BCUT2D eigenvalue weighted by molar-refractivity contribution is 5.75. The molecule has 0 amide bonds. The first-order chi connectivity index (χ1) is 14.5. The number of aliphatic hydroxyl groups is 1. The SMILES string of the molecule is Cn1c(=O)[nH]cc(CCN2C[C@H]3C[C@@H](n4cnc5ccccc54)[C@H](O)C[C@H]3C2)c1=O. The van der Waals surface area contributed by atoms with Gasteiger partial charge in [-0.2, -0.15) is 0 Å². The maximum atomic E-state index is 12.3. The van der Waals surface area contributed by atoms with Crippen molar-refractivity contribution < 1.29 is 5.11 Å². The Morgan fingerprint density at radius 2 is 1.93 bits per heavy atom. The van der Waals surface area contributed by atoms with E-state index in [1.807, 2.05) is 24.5 Å². The van der Waals surface area contributed by atoms with Gasteiger partial charge in [-0.25, -0.2) is 9.78 Å². The van der Waals surface area contributed by atoms with E-state index in [1.165, 1.54) is 13.2 Å². The summed E-state index contributed by atoms with van der Waals surface area (Å²) in [4.78, 5) is 33.3. The second-order valence-electron chi connectivity index (χ2n) is 8.76. The van der Waals surface area contributed by atoms with Crippen molar-refractivity contribution in [2.24, 2.45) is 18.9 Å². The minimum Gasteiger partial charge on any atom is -0.391 e. The molecule has 2 fully saturated rings. The van der Waals surface area contributed by atoms with Gasteiger partial charge in [0.25, 0.3) is 5.56 Å². The molecule has 1 aromatic carbocycles. The van der Waals surface area contributed by atoms with Crippen molar-refractivity contribution in [2.75, 3.05) is 19.6 Å². The predicted octanol–water partition coefficient (Wildman–Crippen LogP) is 0.910. The minimum atomic E-state index is -0.386. The van der Waals surface area contributed by atoms with E-state index < -0.39 is 0 Å². The number of aliphatic hydroxyl groups excluding tert-OH is 1. The van der Waals surface area contributed by atoms with Gasteiger partial charge in [-0.3, -0.25) is 9.36 Å². The predicted molar refractivity (Wildman–Crippen MR) is 113 cm³/mol. The molecule has 2 aromatic heterocycles. The van der Waals surface area contributed by atoms with Crippen molar-refractivity contribution in [3.8, 4) is 0 Å². The van der Waals surface area contributed by atoms with Gasteiger partial charge in [-0.05, 0) is 43.2 Å². The van der Waals surface area contributed by atoms with Crippen LogP contribution in [0.15, 0.2) is 46.4 Å². The highest BCUT2D eigenvalue weighted by atomic mass is 16.3. The van der Waals surface area contributed by atoms with E-state index in [2.05, 4.69) is 25.5 Å². The molecular formula is C22H27N5O3. The zero-order valence-electron chi connectivity index (χ0n) is 17.1. The molecule has 158 valence electrons. The lowest BCUT2D eigenvalue weighted by Crippen LogP contribution is -2.36. The van der Waals surface area contributed by atoms with E-state index in [-0.39, 0.29) is 23.4 Å². The lowest BCUT2D eigenvalue weighted by atomic mass is 9.77. The van der Waals surface area contributed by atoms with Gasteiger partial charge < -0.3 is 19.6 Å². The van der Waals surface area contributed by atoms with Gasteiger partial charge in [0.1, 0.15) is 0 Å². The first-order valence-electron chi connectivity index (χ1n) is 10.6. The van der Waals surface area contributed by atoms with Gasteiger partial charge >= 0.3 is 5.69 Å². The molecule has 0 unspecified atom stereocenters.